The number of cyclic esters (lactones) is 1. The summed E-state index contributed by atoms with van der Waals surface area (Å²) in [5.41, 5.74) is -1.94. The van der Waals surface area contributed by atoms with Crippen molar-refractivity contribution in [3.8, 4) is 0 Å². The number of fused-ring (bicyclic) bond motifs is 1. The van der Waals surface area contributed by atoms with Crippen LogP contribution in [0, 0.1) is 23.7 Å². The first-order valence-electron chi connectivity index (χ1n) is 18.4. The Morgan fingerprint density at radius 3 is 2.31 bits per heavy atom. The number of aliphatic hydroxyl groups excluding tert-OH is 1. The average molecular weight is 695 g/mol. The van der Waals surface area contributed by atoms with E-state index in [1.165, 1.54) is 19.3 Å². The highest BCUT2D eigenvalue weighted by molar-refractivity contribution is 6.00. The molecular weight excluding hydrogens is 632 g/mol. The van der Waals surface area contributed by atoms with Crippen LogP contribution in [0.4, 0.5) is 4.79 Å². The number of ether oxygens (including phenoxy) is 5. The van der Waals surface area contributed by atoms with Crippen molar-refractivity contribution >= 4 is 17.8 Å². The summed E-state index contributed by atoms with van der Waals surface area (Å²) < 4.78 is 31.3. The van der Waals surface area contributed by atoms with Gasteiger partial charge in [-0.25, -0.2) is 4.79 Å². The fraction of sp³-hybridized carbons (Fsp3) is 0.917. The van der Waals surface area contributed by atoms with Crippen LogP contribution >= 0.6 is 0 Å². The summed E-state index contributed by atoms with van der Waals surface area (Å²) >= 11 is 0. The van der Waals surface area contributed by atoms with E-state index in [9.17, 15) is 19.5 Å². The van der Waals surface area contributed by atoms with E-state index in [4.69, 9.17) is 23.7 Å². The Kier molecular flexibility index (Phi) is 11.5. The Hall–Kier alpha value is -1.87. The molecule has 3 saturated heterocycles. The number of methoxy groups -OCH3 is 1. The summed E-state index contributed by atoms with van der Waals surface area (Å²) in [7, 11) is 5.48. The van der Waals surface area contributed by atoms with E-state index in [1.54, 1.807) is 27.9 Å². The number of ketones is 1. The van der Waals surface area contributed by atoms with Gasteiger partial charge in [-0.3, -0.25) is 9.59 Å². The molecule has 3 heterocycles. The first-order valence-corrected chi connectivity index (χ1v) is 18.4. The molecule has 6 rings (SSSR count). The van der Waals surface area contributed by atoms with Crippen molar-refractivity contribution in [2.75, 3.05) is 34.3 Å². The summed E-state index contributed by atoms with van der Waals surface area (Å²) in [5, 5.41) is 21.8. The van der Waals surface area contributed by atoms with Crippen LogP contribution in [0.1, 0.15) is 87.0 Å². The highest BCUT2D eigenvalue weighted by atomic mass is 16.7. The zero-order valence-corrected chi connectivity index (χ0v) is 31.2. The molecule has 0 radical (unpaired) electrons. The molecule has 13 nitrogen and oxygen atoms in total. The predicted molar refractivity (Wildman–Crippen MR) is 182 cm³/mol. The molecule has 0 spiro atoms. The summed E-state index contributed by atoms with van der Waals surface area (Å²) in [5.74, 6) is -2.17. The molecule has 6 aliphatic rings. The van der Waals surface area contributed by atoms with Gasteiger partial charge in [0.2, 0.25) is 0 Å². The Morgan fingerprint density at radius 1 is 1.06 bits per heavy atom. The lowest BCUT2D eigenvalue weighted by molar-refractivity contribution is -0.297. The van der Waals surface area contributed by atoms with Crippen molar-refractivity contribution in [3.63, 3.8) is 0 Å². The van der Waals surface area contributed by atoms with Gasteiger partial charge in [-0.2, -0.15) is 0 Å². The summed E-state index contributed by atoms with van der Waals surface area (Å²) in [6.45, 7) is 14.1. The van der Waals surface area contributed by atoms with Gasteiger partial charge in [0.05, 0.1) is 23.9 Å². The average Bonchev–Trinajstić information content (AvgIpc) is 3.33. The molecule has 2 bridgehead atoms. The maximum absolute atomic E-state index is 14.2. The van der Waals surface area contributed by atoms with Crippen LogP contribution in [-0.2, 0) is 33.3 Å². The van der Waals surface area contributed by atoms with Gasteiger partial charge in [0.25, 0.3) is 0 Å². The minimum atomic E-state index is -1.15. The smallest absolute Gasteiger partial charge is 0.408 e. The monoisotopic (exact) mass is 694 g/mol. The number of amides is 1. The first-order chi connectivity index (χ1) is 23.0. The highest BCUT2D eigenvalue weighted by Gasteiger charge is 2.57. The van der Waals surface area contributed by atoms with E-state index in [2.05, 4.69) is 22.9 Å². The van der Waals surface area contributed by atoms with E-state index < -0.39 is 65.7 Å². The number of likely N-dealkylation sites (N-methyl/N-ethyl adjacent to an activating group) is 1. The Morgan fingerprint density at radius 2 is 1.73 bits per heavy atom. The molecule has 1 amide bonds. The van der Waals surface area contributed by atoms with Gasteiger partial charge in [0.15, 0.2) is 17.7 Å². The number of nitrogens with zero attached hydrogens (tertiary/aromatic N) is 1. The van der Waals surface area contributed by atoms with Crippen LogP contribution in [0.3, 0.4) is 0 Å². The van der Waals surface area contributed by atoms with Crippen LogP contribution < -0.4 is 16.0 Å². The predicted octanol–water partition coefficient (Wildman–Crippen LogP) is 2.37. The summed E-state index contributed by atoms with van der Waals surface area (Å²) in [6.07, 6.45) is 0.668. The molecule has 0 aromatic rings. The number of esters is 1. The van der Waals surface area contributed by atoms with Gasteiger partial charge < -0.3 is 49.6 Å². The molecular formula is C36H62N4O9. The van der Waals surface area contributed by atoms with Crippen LogP contribution in [0.2, 0.25) is 0 Å². The highest BCUT2D eigenvalue weighted by Crippen LogP contribution is 2.57. The van der Waals surface area contributed by atoms with E-state index in [0.717, 1.165) is 5.92 Å². The molecule has 49 heavy (non-hydrogen) atoms. The second-order valence-electron chi connectivity index (χ2n) is 16.5. The normalized spacial score (nSPS) is 47.9. The topological polar surface area (TPSA) is 157 Å². The molecule has 4 N–H and O–H groups in total. The lowest BCUT2D eigenvalue weighted by Crippen LogP contribution is -2.68. The van der Waals surface area contributed by atoms with E-state index in [-0.39, 0.29) is 35.4 Å². The Bertz CT molecular complexity index is 1200. The number of nitrogens with one attached hydrogen (secondary N) is 3. The number of hydrogen-bond acceptors (Lipinski definition) is 12. The minimum Gasteiger partial charge on any atom is -0.458 e. The molecule has 3 aliphatic heterocycles. The zero-order valence-electron chi connectivity index (χ0n) is 31.2. The fourth-order valence-corrected chi connectivity index (χ4v) is 9.18. The number of carbonyl (C=O) groups excluding carboxylic acids is 3. The molecule has 5 unspecified atom stereocenters. The van der Waals surface area contributed by atoms with Crippen molar-refractivity contribution in [1.29, 1.82) is 0 Å². The lowest BCUT2D eigenvalue weighted by Gasteiger charge is -2.62. The van der Waals surface area contributed by atoms with Crippen molar-refractivity contribution in [2.24, 2.45) is 23.7 Å². The first kappa shape index (κ1) is 38.4. The van der Waals surface area contributed by atoms with Crippen LogP contribution in [0.5, 0.6) is 0 Å². The van der Waals surface area contributed by atoms with Gasteiger partial charge in [0.1, 0.15) is 18.1 Å². The van der Waals surface area contributed by atoms with Crippen LogP contribution in [0.25, 0.3) is 0 Å². The van der Waals surface area contributed by atoms with Crippen molar-refractivity contribution < 1.29 is 43.2 Å². The van der Waals surface area contributed by atoms with Gasteiger partial charge in [-0.05, 0) is 98.7 Å². The van der Waals surface area contributed by atoms with E-state index in [1.807, 2.05) is 39.8 Å². The zero-order chi connectivity index (χ0) is 36.1. The standard InChI is InChI=1S/C36H62N4O9/c1-11-26-35(7)29(39-33(44)49-35)22(5)37-17-19(2)13-34(6,45-10)30(20(3)27(41)21(4)31(43)47-26)48-32-28(42)25(40(8)9)12-24(46-32)18-38-36-14-23(15-36)16-36/h19-26,28-30,32,37-38,42H,11-18H2,1-10H3,(H,39,44)/t19-,20+,21?,22-,23?,24?,25?,26-,28?,29-,30-,32?,34-,35-,36?/m1/s1. The number of aliphatic hydroxyl groups is 1. The molecule has 13 atom stereocenters. The SMILES string of the molecule is CC[C@H]1OC(=O)C(C)C(=O)[C@H](C)[C@@H](OC2OC(CNC34CC(C3)C4)CC(N(C)C)C2O)[C@](C)(OC)C[C@@H](C)CN[C@H](C)[C@H]2NC(=O)O[C@@]21C. The van der Waals surface area contributed by atoms with Gasteiger partial charge in [-0.1, -0.05) is 20.8 Å². The molecule has 0 aromatic heterocycles. The molecule has 280 valence electrons. The number of carbonyl (C=O) groups is 3. The number of rotatable bonds is 8. The third-order valence-corrected chi connectivity index (χ3v) is 12.5. The van der Waals surface area contributed by atoms with Crippen molar-refractivity contribution in [3.05, 3.63) is 0 Å². The van der Waals surface area contributed by atoms with Crippen LogP contribution in [-0.4, -0.2) is 128 Å². The fourth-order valence-electron chi connectivity index (χ4n) is 9.18. The largest absolute Gasteiger partial charge is 0.458 e. The van der Waals surface area contributed by atoms with Crippen molar-refractivity contribution in [1.82, 2.24) is 20.9 Å². The van der Waals surface area contributed by atoms with E-state index in [0.29, 0.717) is 32.4 Å². The van der Waals surface area contributed by atoms with Gasteiger partial charge in [-0.15, -0.1) is 0 Å². The molecule has 3 aliphatic carbocycles. The molecule has 3 saturated carbocycles. The van der Waals surface area contributed by atoms with E-state index >= 15 is 0 Å². The molecule has 0 aromatic carbocycles. The second kappa shape index (κ2) is 14.6. The molecule has 6 fully saturated rings. The Balaban J connectivity index is 1.43. The summed E-state index contributed by atoms with van der Waals surface area (Å²) in [6, 6.07) is -0.953. The van der Waals surface area contributed by atoms with Crippen molar-refractivity contribution in [2.45, 2.75) is 153 Å². The molecule has 13 heteroatoms. The number of Topliss-reactive ketones (excluding diaryl/α,β-unsaturated/α-hetero) is 1. The third kappa shape index (κ3) is 7.54. The maximum Gasteiger partial charge on any atom is 0.408 e. The third-order valence-electron chi connectivity index (χ3n) is 12.5. The van der Waals surface area contributed by atoms with Crippen LogP contribution in [0.15, 0.2) is 0 Å². The van der Waals surface area contributed by atoms with Gasteiger partial charge >= 0.3 is 12.1 Å². The maximum atomic E-state index is 14.2. The quantitative estimate of drug-likeness (QED) is 0.218. The minimum absolute atomic E-state index is 0.0317. The number of hydrogen-bond donors (Lipinski definition) is 4. The Labute approximate surface area is 292 Å². The number of alkyl carbamates (subject to hydrolysis) is 1. The summed E-state index contributed by atoms with van der Waals surface area (Å²) in [4.78, 5) is 42.4. The second-order valence-corrected chi connectivity index (χ2v) is 16.5. The van der Waals surface area contributed by atoms with Gasteiger partial charge in [0, 0.05) is 37.2 Å². The lowest BCUT2D eigenvalue weighted by atomic mass is 9.50.